The molecule has 0 bridgehead atoms. The van der Waals surface area contributed by atoms with Gasteiger partial charge in [-0.15, -0.1) is 10.2 Å². The Morgan fingerprint density at radius 2 is 2.19 bits per heavy atom. The van der Waals surface area contributed by atoms with Crippen LogP contribution in [0.3, 0.4) is 0 Å². The summed E-state index contributed by atoms with van der Waals surface area (Å²) in [6, 6.07) is 3.54. The van der Waals surface area contributed by atoms with Crippen LogP contribution in [0.4, 0.5) is 0 Å². The number of Topliss-reactive ketones (excluding diaryl/α,β-unsaturated/α-hetero) is 1. The molecule has 0 aromatic carbocycles. The van der Waals surface area contributed by atoms with Gasteiger partial charge in [0.1, 0.15) is 5.69 Å². The Balaban J connectivity index is 2.08. The van der Waals surface area contributed by atoms with Crippen LogP contribution in [0.1, 0.15) is 28.9 Å². The molecule has 0 unspecified atom stereocenters. The van der Waals surface area contributed by atoms with Gasteiger partial charge in [-0.05, 0) is 25.0 Å². The third-order valence-corrected chi connectivity index (χ3v) is 2.67. The van der Waals surface area contributed by atoms with E-state index in [2.05, 4.69) is 15.2 Å². The van der Waals surface area contributed by atoms with Crippen molar-refractivity contribution in [2.24, 2.45) is 0 Å². The summed E-state index contributed by atoms with van der Waals surface area (Å²) in [5, 5.41) is 7.39. The van der Waals surface area contributed by atoms with E-state index in [1.807, 2.05) is 0 Å². The summed E-state index contributed by atoms with van der Waals surface area (Å²) >= 11 is 0. The molecule has 1 aliphatic carbocycles. The first-order valence-electron chi connectivity index (χ1n) is 5.14. The molecule has 5 heteroatoms. The van der Waals surface area contributed by atoms with E-state index in [4.69, 9.17) is 4.42 Å². The first-order chi connectivity index (χ1) is 7.84. The van der Waals surface area contributed by atoms with Crippen LogP contribution < -0.4 is 0 Å². The van der Waals surface area contributed by atoms with E-state index in [9.17, 15) is 4.79 Å². The second-order valence-electron chi connectivity index (χ2n) is 3.71. The zero-order valence-corrected chi connectivity index (χ0v) is 8.51. The van der Waals surface area contributed by atoms with E-state index in [0.29, 0.717) is 18.0 Å². The lowest BCUT2D eigenvalue weighted by molar-refractivity contribution is 0.0971. The fourth-order valence-electron chi connectivity index (χ4n) is 1.90. The number of hydrogen-bond acceptors (Lipinski definition) is 5. The predicted molar refractivity (Wildman–Crippen MR) is 54.8 cm³/mol. The summed E-state index contributed by atoms with van der Waals surface area (Å²) in [6.45, 7) is 0. The number of pyridine rings is 1. The molecule has 0 spiro atoms. The van der Waals surface area contributed by atoms with Crippen LogP contribution in [0.2, 0.25) is 0 Å². The topological polar surface area (TPSA) is 68.9 Å². The van der Waals surface area contributed by atoms with Gasteiger partial charge in [-0.1, -0.05) is 0 Å². The maximum atomic E-state index is 11.6. The standard InChI is InChI=1S/C11H9N3O2/c15-10-3-1-2-8-7(10)4-5-9(13-8)11-14-12-6-16-11/h4-6H,1-3H2. The lowest BCUT2D eigenvalue weighted by atomic mass is 9.94. The SMILES string of the molecule is O=C1CCCc2nc(-c3nnco3)ccc21. The summed E-state index contributed by atoms with van der Waals surface area (Å²) in [5.41, 5.74) is 2.20. The van der Waals surface area contributed by atoms with Crippen LogP contribution in [0.25, 0.3) is 11.6 Å². The quantitative estimate of drug-likeness (QED) is 0.723. The number of carbonyl (C=O) groups excluding carboxylic acids is 1. The zero-order valence-electron chi connectivity index (χ0n) is 8.51. The minimum atomic E-state index is 0.172. The molecule has 0 atom stereocenters. The summed E-state index contributed by atoms with van der Waals surface area (Å²) in [5.74, 6) is 0.562. The molecule has 1 aliphatic rings. The third kappa shape index (κ3) is 1.41. The number of aryl methyl sites for hydroxylation is 1. The maximum absolute atomic E-state index is 11.6. The Morgan fingerprint density at radius 1 is 1.25 bits per heavy atom. The normalized spacial score (nSPS) is 14.9. The average Bonchev–Trinajstić information content (AvgIpc) is 2.82. The molecule has 0 aliphatic heterocycles. The largest absolute Gasteiger partial charge is 0.422 e. The molecule has 0 fully saturated rings. The fraction of sp³-hybridized carbons (Fsp3) is 0.273. The van der Waals surface area contributed by atoms with Crippen molar-refractivity contribution in [1.29, 1.82) is 0 Å². The molecule has 16 heavy (non-hydrogen) atoms. The van der Waals surface area contributed by atoms with Crippen molar-refractivity contribution in [3.8, 4) is 11.6 Å². The fourth-order valence-corrected chi connectivity index (χ4v) is 1.90. The molecule has 0 radical (unpaired) electrons. The minimum absolute atomic E-state index is 0.172. The van der Waals surface area contributed by atoms with Crippen molar-refractivity contribution in [2.45, 2.75) is 19.3 Å². The Labute approximate surface area is 91.5 Å². The molecule has 0 amide bonds. The maximum Gasteiger partial charge on any atom is 0.266 e. The van der Waals surface area contributed by atoms with Gasteiger partial charge in [-0.25, -0.2) is 4.98 Å². The molecule has 3 rings (SSSR count). The molecule has 0 saturated carbocycles. The Bertz CT molecular complexity index is 534. The number of nitrogens with zero attached hydrogens (tertiary/aromatic N) is 3. The molecular formula is C11H9N3O2. The van der Waals surface area contributed by atoms with E-state index in [1.165, 1.54) is 6.39 Å². The van der Waals surface area contributed by atoms with Crippen LogP contribution in [0.15, 0.2) is 22.9 Å². The second kappa shape index (κ2) is 3.52. The van der Waals surface area contributed by atoms with Gasteiger partial charge in [-0.3, -0.25) is 4.79 Å². The van der Waals surface area contributed by atoms with Gasteiger partial charge in [0.15, 0.2) is 5.78 Å². The van der Waals surface area contributed by atoms with Crippen molar-refractivity contribution >= 4 is 5.78 Å². The Hall–Kier alpha value is -2.04. The van der Waals surface area contributed by atoms with E-state index in [1.54, 1.807) is 12.1 Å². The van der Waals surface area contributed by atoms with Crippen LogP contribution in [0.5, 0.6) is 0 Å². The number of aromatic nitrogens is 3. The highest BCUT2D eigenvalue weighted by atomic mass is 16.4. The van der Waals surface area contributed by atoms with Crippen molar-refractivity contribution in [3.63, 3.8) is 0 Å². The van der Waals surface area contributed by atoms with Crippen LogP contribution in [-0.4, -0.2) is 21.0 Å². The minimum Gasteiger partial charge on any atom is -0.422 e. The summed E-state index contributed by atoms with van der Waals surface area (Å²) in [7, 11) is 0. The summed E-state index contributed by atoms with van der Waals surface area (Å²) in [4.78, 5) is 16.0. The van der Waals surface area contributed by atoms with Crippen LogP contribution in [-0.2, 0) is 6.42 Å². The Kier molecular flexibility index (Phi) is 2.02. The monoisotopic (exact) mass is 215 g/mol. The lowest BCUT2D eigenvalue weighted by Gasteiger charge is -2.13. The molecule has 80 valence electrons. The summed E-state index contributed by atoms with van der Waals surface area (Å²) < 4.78 is 5.07. The van der Waals surface area contributed by atoms with E-state index < -0.39 is 0 Å². The van der Waals surface area contributed by atoms with Crippen molar-refractivity contribution in [2.75, 3.05) is 0 Å². The van der Waals surface area contributed by atoms with Crippen molar-refractivity contribution < 1.29 is 9.21 Å². The Morgan fingerprint density at radius 3 is 3.00 bits per heavy atom. The predicted octanol–water partition coefficient (Wildman–Crippen LogP) is 1.65. The highest BCUT2D eigenvalue weighted by Crippen LogP contribution is 2.22. The van der Waals surface area contributed by atoms with Crippen molar-refractivity contribution in [1.82, 2.24) is 15.2 Å². The lowest BCUT2D eigenvalue weighted by Crippen LogP contribution is -2.12. The van der Waals surface area contributed by atoms with Crippen LogP contribution in [0, 0.1) is 0 Å². The number of carbonyl (C=O) groups is 1. The molecule has 5 nitrogen and oxygen atoms in total. The zero-order chi connectivity index (χ0) is 11.0. The van der Waals surface area contributed by atoms with Gasteiger partial charge in [0.2, 0.25) is 6.39 Å². The molecule has 2 aromatic rings. The first kappa shape index (κ1) is 9.21. The third-order valence-electron chi connectivity index (χ3n) is 2.67. The molecular weight excluding hydrogens is 206 g/mol. The first-order valence-corrected chi connectivity index (χ1v) is 5.14. The van der Waals surface area contributed by atoms with Crippen LogP contribution >= 0.6 is 0 Å². The van der Waals surface area contributed by atoms with Gasteiger partial charge in [0.05, 0.1) is 5.69 Å². The molecule has 2 heterocycles. The smallest absolute Gasteiger partial charge is 0.266 e. The molecule has 2 aromatic heterocycles. The number of ketones is 1. The van der Waals surface area contributed by atoms with Gasteiger partial charge in [0.25, 0.3) is 5.89 Å². The van der Waals surface area contributed by atoms with E-state index in [-0.39, 0.29) is 5.78 Å². The van der Waals surface area contributed by atoms with Gasteiger partial charge in [0, 0.05) is 12.0 Å². The van der Waals surface area contributed by atoms with Gasteiger partial charge in [-0.2, -0.15) is 0 Å². The van der Waals surface area contributed by atoms with Crippen molar-refractivity contribution in [3.05, 3.63) is 29.8 Å². The number of fused-ring (bicyclic) bond motifs is 1. The highest BCUT2D eigenvalue weighted by Gasteiger charge is 2.19. The average molecular weight is 215 g/mol. The van der Waals surface area contributed by atoms with E-state index >= 15 is 0 Å². The highest BCUT2D eigenvalue weighted by molar-refractivity contribution is 5.98. The second-order valence-corrected chi connectivity index (χ2v) is 3.71. The van der Waals surface area contributed by atoms with Gasteiger partial charge < -0.3 is 4.42 Å². The van der Waals surface area contributed by atoms with Gasteiger partial charge >= 0.3 is 0 Å². The number of rotatable bonds is 1. The molecule has 0 N–H and O–H groups in total. The summed E-state index contributed by atoms with van der Waals surface area (Å²) in [6.07, 6.45) is 3.59. The molecule has 0 saturated heterocycles. The number of hydrogen-bond donors (Lipinski definition) is 0. The van der Waals surface area contributed by atoms with E-state index in [0.717, 1.165) is 24.1 Å².